The van der Waals surface area contributed by atoms with E-state index in [2.05, 4.69) is 19.2 Å². The van der Waals surface area contributed by atoms with Gasteiger partial charge >= 0.3 is 0 Å². The smallest absolute Gasteiger partial charge is 0.253 e. The van der Waals surface area contributed by atoms with Crippen LogP contribution in [0.2, 0.25) is 0 Å². The maximum absolute atomic E-state index is 14.7. The number of anilines is 2. The molecular weight excluding hydrogens is 528 g/mol. The van der Waals surface area contributed by atoms with Crippen molar-refractivity contribution in [2.75, 3.05) is 22.9 Å². The van der Waals surface area contributed by atoms with Crippen molar-refractivity contribution in [3.8, 4) is 0 Å². The first-order chi connectivity index (χ1) is 20.3. The fourth-order valence-corrected chi connectivity index (χ4v) is 7.61. The summed E-state index contributed by atoms with van der Waals surface area (Å²) in [6.45, 7) is 4.74. The first-order valence-corrected chi connectivity index (χ1v) is 14.8. The van der Waals surface area contributed by atoms with Crippen molar-refractivity contribution in [3.63, 3.8) is 0 Å². The molecule has 3 aromatic carbocycles. The summed E-state index contributed by atoms with van der Waals surface area (Å²) in [6, 6.07) is 24.3. The highest BCUT2D eigenvalue weighted by atomic mass is 16.2. The number of benzene rings is 3. The normalized spacial score (nSPS) is 26.0. The number of amides is 4. The second-order valence-electron chi connectivity index (χ2n) is 12.3. The van der Waals surface area contributed by atoms with Crippen molar-refractivity contribution in [3.05, 3.63) is 95.6 Å². The lowest BCUT2D eigenvalue weighted by atomic mass is 9.76. The summed E-state index contributed by atoms with van der Waals surface area (Å²) >= 11 is 0. The zero-order chi connectivity index (χ0) is 29.2. The summed E-state index contributed by atoms with van der Waals surface area (Å²) in [5, 5.41) is 3.55. The quantitative estimate of drug-likeness (QED) is 0.464. The highest BCUT2D eigenvalue weighted by molar-refractivity contribution is 6.18. The Labute approximate surface area is 245 Å². The Morgan fingerprint density at radius 2 is 1.57 bits per heavy atom. The third kappa shape index (κ3) is 3.85. The number of para-hydroxylation sites is 2. The van der Waals surface area contributed by atoms with Crippen LogP contribution >= 0.6 is 0 Å². The molecular formula is C34H34N4O4. The van der Waals surface area contributed by atoms with Gasteiger partial charge in [-0.1, -0.05) is 80.6 Å². The lowest BCUT2D eigenvalue weighted by molar-refractivity contribution is -0.143. The second kappa shape index (κ2) is 9.91. The summed E-state index contributed by atoms with van der Waals surface area (Å²) in [5.41, 5.74) is 2.71. The van der Waals surface area contributed by atoms with Crippen molar-refractivity contribution in [1.29, 1.82) is 0 Å². The highest BCUT2D eigenvalue weighted by Gasteiger charge is 2.71. The van der Waals surface area contributed by atoms with Crippen LogP contribution in [0.25, 0.3) is 0 Å². The van der Waals surface area contributed by atoms with Crippen LogP contribution in [0.1, 0.15) is 37.0 Å². The number of imide groups is 1. The molecule has 2 saturated heterocycles. The lowest BCUT2D eigenvalue weighted by Gasteiger charge is -2.31. The van der Waals surface area contributed by atoms with Crippen molar-refractivity contribution >= 4 is 35.0 Å². The van der Waals surface area contributed by atoms with Crippen LogP contribution in [0.15, 0.2) is 78.9 Å². The molecule has 2 fully saturated rings. The second-order valence-corrected chi connectivity index (χ2v) is 12.3. The lowest BCUT2D eigenvalue weighted by Crippen LogP contribution is -2.56. The molecule has 0 saturated carbocycles. The number of nitrogens with one attached hydrogen (secondary N) is 1. The van der Waals surface area contributed by atoms with E-state index in [1.165, 1.54) is 9.80 Å². The first-order valence-electron chi connectivity index (χ1n) is 14.8. The number of fused-ring (bicyclic) bond motifs is 5. The van der Waals surface area contributed by atoms with Gasteiger partial charge in [0.25, 0.3) is 5.91 Å². The highest BCUT2D eigenvalue weighted by Crippen LogP contribution is 2.55. The van der Waals surface area contributed by atoms with Crippen molar-refractivity contribution in [2.45, 2.75) is 44.8 Å². The minimum absolute atomic E-state index is 0.143. The third-order valence-corrected chi connectivity index (χ3v) is 9.35. The predicted molar refractivity (Wildman–Crippen MR) is 158 cm³/mol. The molecule has 4 heterocycles. The SMILES string of the molecule is CC(C)C[C@@H]1N[C@]2(C(=O)N(CC(=O)N3CCc4ccccc43)c3ccccc32)[C@@H]2C(=O)N(Cc3ccccc3)C(=O)[C@@H]12. The number of hydrogen-bond donors (Lipinski definition) is 1. The molecule has 4 aliphatic heterocycles. The molecule has 0 radical (unpaired) electrons. The molecule has 0 aromatic heterocycles. The Morgan fingerprint density at radius 1 is 0.881 bits per heavy atom. The molecule has 8 heteroatoms. The largest absolute Gasteiger partial charge is 0.310 e. The topological polar surface area (TPSA) is 90.0 Å². The van der Waals surface area contributed by atoms with E-state index in [4.69, 9.17) is 0 Å². The fraction of sp³-hybridized carbons (Fsp3) is 0.353. The molecule has 0 aliphatic carbocycles. The first kappa shape index (κ1) is 26.6. The standard InChI is InChI=1S/C34H34N4O4/c1-21(2)18-25-29-30(32(41)38(31(29)40)19-22-10-4-3-5-11-22)34(35-25)24-13-7-9-15-27(24)37(33(34)42)20-28(39)36-17-16-23-12-6-8-14-26(23)36/h3-15,21,25,29-30,35H,16-20H2,1-2H3/t25-,29-,30-,34-/m0/s1. The van der Waals surface area contributed by atoms with Gasteiger partial charge in [0.1, 0.15) is 12.1 Å². The van der Waals surface area contributed by atoms with Crippen LogP contribution in [-0.4, -0.2) is 47.7 Å². The van der Waals surface area contributed by atoms with E-state index in [1.807, 2.05) is 78.9 Å². The summed E-state index contributed by atoms with van der Waals surface area (Å²) < 4.78 is 0. The third-order valence-electron chi connectivity index (χ3n) is 9.35. The molecule has 42 heavy (non-hydrogen) atoms. The maximum atomic E-state index is 14.7. The van der Waals surface area contributed by atoms with Gasteiger partial charge in [-0.2, -0.15) is 0 Å². The monoisotopic (exact) mass is 562 g/mol. The van der Waals surface area contributed by atoms with E-state index in [-0.39, 0.29) is 48.7 Å². The number of carbonyl (C=O) groups is 4. The predicted octanol–water partition coefficient (Wildman–Crippen LogP) is 3.64. The van der Waals surface area contributed by atoms with Gasteiger partial charge in [0, 0.05) is 29.5 Å². The Morgan fingerprint density at radius 3 is 2.33 bits per heavy atom. The zero-order valence-corrected chi connectivity index (χ0v) is 23.8. The molecule has 1 spiro atoms. The van der Waals surface area contributed by atoms with E-state index < -0.39 is 17.4 Å². The number of nitrogens with zero attached hydrogens (tertiary/aromatic N) is 3. The summed E-state index contributed by atoms with van der Waals surface area (Å²) in [5.74, 6) is -2.40. The van der Waals surface area contributed by atoms with Gasteiger partial charge in [-0.05, 0) is 42.0 Å². The number of carbonyl (C=O) groups excluding carboxylic acids is 4. The van der Waals surface area contributed by atoms with Crippen molar-refractivity contribution < 1.29 is 19.2 Å². The van der Waals surface area contributed by atoms with Crippen molar-refractivity contribution in [1.82, 2.24) is 10.2 Å². The molecule has 214 valence electrons. The van der Waals surface area contributed by atoms with Gasteiger partial charge in [0.15, 0.2) is 0 Å². The molecule has 0 bridgehead atoms. The molecule has 4 atom stereocenters. The minimum atomic E-state index is -1.41. The maximum Gasteiger partial charge on any atom is 0.253 e. The van der Waals surface area contributed by atoms with Crippen LogP contribution in [0.5, 0.6) is 0 Å². The Bertz CT molecular complexity index is 1600. The fourth-order valence-electron chi connectivity index (χ4n) is 7.61. The van der Waals surface area contributed by atoms with E-state index in [0.29, 0.717) is 24.2 Å². The van der Waals surface area contributed by atoms with E-state index >= 15 is 0 Å². The molecule has 1 N–H and O–H groups in total. The van der Waals surface area contributed by atoms with Gasteiger partial charge in [-0.25, -0.2) is 0 Å². The van der Waals surface area contributed by atoms with Crippen LogP contribution < -0.4 is 15.1 Å². The summed E-state index contributed by atoms with van der Waals surface area (Å²) in [4.78, 5) is 61.2. The minimum Gasteiger partial charge on any atom is -0.310 e. The number of rotatable bonds is 6. The van der Waals surface area contributed by atoms with Crippen LogP contribution in [0.3, 0.4) is 0 Å². The Hall–Kier alpha value is -4.30. The van der Waals surface area contributed by atoms with Gasteiger partial charge in [-0.15, -0.1) is 0 Å². The van der Waals surface area contributed by atoms with E-state index in [0.717, 1.165) is 23.2 Å². The molecule has 8 nitrogen and oxygen atoms in total. The average molecular weight is 563 g/mol. The molecule has 0 unspecified atom stereocenters. The molecule has 3 aromatic rings. The Kier molecular flexibility index (Phi) is 6.27. The van der Waals surface area contributed by atoms with Gasteiger partial charge in [-0.3, -0.25) is 29.4 Å². The van der Waals surface area contributed by atoms with Crippen LogP contribution in [-0.2, 0) is 37.7 Å². The van der Waals surface area contributed by atoms with E-state index in [9.17, 15) is 19.2 Å². The van der Waals surface area contributed by atoms with Crippen molar-refractivity contribution in [2.24, 2.45) is 17.8 Å². The number of hydrogen-bond acceptors (Lipinski definition) is 5. The molecule has 4 aliphatic rings. The van der Waals surface area contributed by atoms with E-state index in [1.54, 1.807) is 4.90 Å². The van der Waals surface area contributed by atoms with Gasteiger partial charge in [0.2, 0.25) is 17.7 Å². The van der Waals surface area contributed by atoms with Crippen LogP contribution in [0, 0.1) is 17.8 Å². The molecule has 4 amide bonds. The van der Waals surface area contributed by atoms with Crippen LogP contribution in [0.4, 0.5) is 11.4 Å². The average Bonchev–Trinajstić information content (AvgIpc) is 3.69. The van der Waals surface area contributed by atoms with Gasteiger partial charge < -0.3 is 9.80 Å². The number of likely N-dealkylation sites (tertiary alicyclic amines) is 1. The summed E-state index contributed by atoms with van der Waals surface area (Å²) in [7, 11) is 0. The zero-order valence-electron chi connectivity index (χ0n) is 23.8. The van der Waals surface area contributed by atoms with Gasteiger partial charge in [0.05, 0.1) is 18.4 Å². The molecule has 7 rings (SSSR count). The summed E-state index contributed by atoms with van der Waals surface area (Å²) in [6.07, 6.45) is 1.41. The Balaban J connectivity index is 1.27.